The highest BCUT2D eigenvalue weighted by atomic mass is 79.9. The molecule has 0 saturated heterocycles. The summed E-state index contributed by atoms with van der Waals surface area (Å²) in [4.78, 5) is 11.1. The first-order valence-corrected chi connectivity index (χ1v) is 10.8. The van der Waals surface area contributed by atoms with Crippen LogP contribution in [0.25, 0.3) is 0 Å². The molecule has 3 rings (SSSR count). The summed E-state index contributed by atoms with van der Waals surface area (Å²) in [6, 6.07) is 6.30. The molecule has 4 nitrogen and oxygen atoms in total. The van der Waals surface area contributed by atoms with Gasteiger partial charge in [0.05, 0.1) is 22.2 Å². The largest absolute Gasteiger partial charge is 0.473 e. The summed E-state index contributed by atoms with van der Waals surface area (Å²) in [5.74, 6) is 0.626. The molecule has 0 unspecified atom stereocenters. The van der Waals surface area contributed by atoms with Gasteiger partial charge in [0, 0.05) is 35.4 Å². The Morgan fingerprint density at radius 3 is 2.35 bits per heavy atom. The summed E-state index contributed by atoms with van der Waals surface area (Å²) in [5.41, 5.74) is 4.33. The minimum atomic E-state index is 0.0926. The Morgan fingerprint density at radius 1 is 1.15 bits per heavy atom. The third-order valence-electron chi connectivity index (χ3n) is 4.42. The minimum Gasteiger partial charge on any atom is -0.473 e. The molecule has 1 heterocycles. The summed E-state index contributed by atoms with van der Waals surface area (Å²) >= 11 is 10.7. The maximum Gasteiger partial charge on any atom is 0.228 e. The fourth-order valence-electron chi connectivity index (χ4n) is 2.82. The van der Waals surface area contributed by atoms with Gasteiger partial charge in [-0.2, -0.15) is 0 Å². The number of pyridine rings is 1. The Hall–Kier alpha value is -0.920. The molecule has 26 heavy (non-hydrogen) atoms. The van der Waals surface area contributed by atoms with Crippen LogP contribution in [-0.4, -0.2) is 35.9 Å². The first-order valence-electron chi connectivity index (χ1n) is 8.42. The number of benzene rings is 1. The van der Waals surface area contributed by atoms with E-state index < -0.39 is 0 Å². The Morgan fingerprint density at radius 2 is 1.77 bits per heavy atom. The summed E-state index contributed by atoms with van der Waals surface area (Å²) in [6.07, 6.45) is 3.68. The predicted molar refractivity (Wildman–Crippen MR) is 117 cm³/mol. The molecule has 138 valence electrons. The van der Waals surface area contributed by atoms with E-state index in [0.717, 1.165) is 44.2 Å². The second-order valence-corrected chi connectivity index (χ2v) is 8.94. The van der Waals surface area contributed by atoms with Crippen LogP contribution < -0.4 is 4.74 Å². The van der Waals surface area contributed by atoms with E-state index in [0.29, 0.717) is 5.88 Å². The predicted octanol–water partition coefficient (Wildman–Crippen LogP) is 5.84. The highest BCUT2D eigenvalue weighted by molar-refractivity contribution is 9.13. The van der Waals surface area contributed by atoms with Crippen LogP contribution in [0.15, 0.2) is 36.6 Å². The number of halogens is 3. The van der Waals surface area contributed by atoms with Crippen molar-refractivity contribution in [2.24, 2.45) is 4.99 Å². The zero-order chi connectivity index (χ0) is 18.8. The number of aliphatic imine (C=N–C) groups is 1. The van der Waals surface area contributed by atoms with E-state index in [-0.39, 0.29) is 6.10 Å². The van der Waals surface area contributed by atoms with Crippen LogP contribution in [-0.2, 0) is 12.8 Å². The lowest BCUT2D eigenvalue weighted by Crippen LogP contribution is -2.17. The van der Waals surface area contributed by atoms with Crippen LogP contribution in [0, 0.1) is 6.92 Å². The molecule has 2 aromatic rings. The van der Waals surface area contributed by atoms with Crippen molar-refractivity contribution in [3.63, 3.8) is 0 Å². The van der Waals surface area contributed by atoms with Crippen molar-refractivity contribution in [2.45, 2.75) is 32.8 Å². The highest BCUT2D eigenvalue weighted by Crippen LogP contribution is 2.35. The van der Waals surface area contributed by atoms with Gasteiger partial charge in [0.1, 0.15) is 6.10 Å². The Bertz CT molecular complexity index is 823. The summed E-state index contributed by atoms with van der Waals surface area (Å²) < 4.78 is 9.18. The smallest absolute Gasteiger partial charge is 0.228 e. The molecule has 1 aromatic heterocycles. The van der Waals surface area contributed by atoms with Gasteiger partial charge in [0.2, 0.25) is 5.88 Å². The quantitative estimate of drug-likeness (QED) is 0.350. The molecule has 0 spiro atoms. The molecule has 1 aliphatic carbocycles. The van der Waals surface area contributed by atoms with Crippen molar-refractivity contribution < 1.29 is 4.74 Å². The zero-order valence-corrected chi connectivity index (χ0v) is 19.6. The number of ether oxygens (including phenoxy) is 1. The number of hydrogen-bond acceptors (Lipinski definition) is 3. The highest BCUT2D eigenvalue weighted by Gasteiger charge is 2.25. The topological polar surface area (TPSA) is 37.7 Å². The van der Waals surface area contributed by atoms with E-state index in [1.54, 1.807) is 0 Å². The molecule has 0 amide bonds. The number of rotatable bonds is 5. The van der Waals surface area contributed by atoms with Crippen molar-refractivity contribution >= 4 is 59.8 Å². The van der Waals surface area contributed by atoms with Gasteiger partial charge in [-0.05, 0) is 91.0 Å². The number of aryl methyl sites for hydroxylation is 1. The molecule has 0 saturated carbocycles. The van der Waals surface area contributed by atoms with Crippen LogP contribution in [0.4, 0.5) is 5.69 Å². The average Bonchev–Trinajstić information content (AvgIpc) is 2.97. The fourth-order valence-corrected chi connectivity index (χ4v) is 4.00. The van der Waals surface area contributed by atoms with Gasteiger partial charge in [0.15, 0.2) is 0 Å². The molecule has 0 N–H and O–H groups in total. The number of nitrogens with zero attached hydrogens (tertiary/aromatic N) is 3. The second kappa shape index (κ2) is 8.40. The zero-order valence-electron chi connectivity index (χ0n) is 14.9. The van der Waals surface area contributed by atoms with E-state index in [2.05, 4.69) is 76.8 Å². The fraction of sp³-hybridized carbons (Fsp3) is 0.368. The lowest BCUT2D eigenvalue weighted by molar-refractivity contribution is 0.203. The molecule has 0 radical (unpaired) electrons. The number of hydrogen-bond donors (Lipinski definition) is 0. The monoisotopic (exact) mass is 543 g/mol. The molecule has 7 heteroatoms. The maximum atomic E-state index is 6.20. The molecule has 1 aromatic carbocycles. The first-order chi connectivity index (χ1) is 12.4. The van der Waals surface area contributed by atoms with E-state index in [1.807, 2.05) is 31.3 Å². The normalized spacial score (nSPS) is 14.1. The van der Waals surface area contributed by atoms with E-state index in [1.165, 1.54) is 11.1 Å². The van der Waals surface area contributed by atoms with Crippen LogP contribution >= 0.6 is 47.8 Å². The maximum absolute atomic E-state index is 6.20. The minimum absolute atomic E-state index is 0.0926. The lowest BCUT2D eigenvalue weighted by Gasteiger charge is -2.15. The van der Waals surface area contributed by atoms with E-state index >= 15 is 0 Å². The molecule has 0 aliphatic heterocycles. The van der Waals surface area contributed by atoms with Crippen LogP contribution in [0.5, 0.6) is 5.88 Å². The lowest BCUT2D eigenvalue weighted by atomic mass is 10.1. The average molecular weight is 546 g/mol. The van der Waals surface area contributed by atoms with Crippen molar-refractivity contribution in [2.75, 3.05) is 13.6 Å². The van der Waals surface area contributed by atoms with Gasteiger partial charge in [-0.1, -0.05) is 0 Å². The van der Waals surface area contributed by atoms with Crippen LogP contribution in [0.2, 0.25) is 0 Å². The molecule has 1 aliphatic rings. The van der Waals surface area contributed by atoms with Crippen molar-refractivity contribution in [1.29, 1.82) is 0 Å². The molecular weight excluding hydrogens is 526 g/mol. The number of fused-ring (bicyclic) bond motifs is 1. The van der Waals surface area contributed by atoms with Gasteiger partial charge >= 0.3 is 0 Å². The Kier molecular flexibility index (Phi) is 6.41. The van der Waals surface area contributed by atoms with E-state index in [4.69, 9.17) is 4.74 Å². The first kappa shape index (κ1) is 19.8. The third kappa shape index (κ3) is 4.49. The third-order valence-corrected chi connectivity index (χ3v) is 6.83. The van der Waals surface area contributed by atoms with Gasteiger partial charge in [0.25, 0.3) is 0 Å². The Labute approximate surface area is 179 Å². The molecule has 0 atom stereocenters. The summed E-state index contributed by atoms with van der Waals surface area (Å²) in [5, 5.41) is 0. The van der Waals surface area contributed by atoms with Gasteiger partial charge in [-0.3, -0.25) is 0 Å². The standard InChI is InChI=1S/C19H20Br3N3O/c1-4-25(3)10-23-18-9-17(22)19(24-11(18)2)26-14-5-12-7-15(20)16(21)8-13(12)6-14/h7-10,14H,4-6H2,1-3H3. The molecule has 0 fully saturated rings. The van der Waals surface area contributed by atoms with E-state index in [9.17, 15) is 0 Å². The van der Waals surface area contributed by atoms with Gasteiger partial charge in [-0.25, -0.2) is 9.98 Å². The van der Waals surface area contributed by atoms with Gasteiger partial charge in [-0.15, -0.1) is 0 Å². The van der Waals surface area contributed by atoms with Crippen molar-refractivity contribution in [3.8, 4) is 5.88 Å². The van der Waals surface area contributed by atoms with Crippen molar-refractivity contribution in [3.05, 3.63) is 48.4 Å². The van der Waals surface area contributed by atoms with Gasteiger partial charge < -0.3 is 9.64 Å². The van der Waals surface area contributed by atoms with Crippen LogP contribution in [0.1, 0.15) is 23.7 Å². The molecule has 0 bridgehead atoms. The second-order valence-electron chi connectivity index (χ2n) is 6.38. The number of aromatic nitrogens is 1. The summed E-state index contributed by atoms with van der Waals surface area (Å²) in [6.45, 7) is 4.95. The SMILES string of the molecule is CCN(C)C=Nc1cc(Br)c(OC2Cc3cc(Br)c(Br)cc3C2)nc1C. The summed E-state index contributed by atoms with van der Waals surface area (Å²) in [7, 11) is 1.99. The molecular formula is C19H20Br3N3O. The van der Waals surface area contributed by atoms with Crippen molar-refractivity contribution in [1.82, 2.24) is 9.88 Å². The Balaban J connectivity index is 1.75. The van der Waals surface area contributed by atoms with Crippen LogP contribution in [0.3, 0.4) is 0 Å².